The van der Waals surface area contributed by atoms with Crippen LogP contribution in [0.2, 0.25) is 0 Å². The lowest BCUT2D eigenvalue weighted by Crippen LogP contribution is -2.41. The van der Waals surface area contributed by atoms with Gasteiger partial charge in [0.15, 0.2) is 11.5 Å². The smallest absolute Gasteiger partial charge is 0.305 e. The Kier molecular flexibility index (Phi) is 4.79. The number of hydrogen-bond acceptors (Lipinski definition) is 5. The Hall–Kier alpha value is -4.00. The fourth-order valence-corrected chi connectivity index (χ4v) is 2.58. The number of carbonyl (C=O) groups is 2. The molecule has 7 nitrogen and oxygen atoms in total. The van der Waals surface area contributed by atoms with Crippen molar-refractivity contribution in [2.24, 2.45) is 0 Å². The first-order valence-corrected chi connectivity index (χ1v) is 8.55. The number of para-hydroxylation sites is 2. The maximum absolute atomic E-state index is 12.1. The highest BCUT2D eigenvalue weighted by molar-refractivity contribution is 5.98. The lowest BCUT2D eigenvalue weighted by atomic mass is 10.2. The molecule has 7 heteroatoms. The molecule has 2 aromatic heterocycles. The van der Waals surface area contributed by atoms with Crippen LogP contribution in [0.5, 0.6) is 5.75 Å². The molecule has 0 radical (unpaired) electrons. The third-order valence-electron chi connectivity index (χ3n) is 3.95. The van der Waals surface area contributed by atoms with E-state index in [4.69, 9.17) is 13.6 Å². The van der Waals surface area contributed by atoms with Gasteiger partial charge in [-0.3, -0.25) is 20.4 Å². The third kappa shape index (κ3) is 3.88. The first-order chi connectivity index (χ1) is 13.7. The molecule has 2 N–H and O–H groups in total. The zero-order chi connectivity index (χ0) is 19.3. The molecule has 0 fully saturated rings. The topological polar surface area (TPSA) is 93.7 Å². The fraction of sp³-hybridized carbons (Fsp3) is 0.0476. The molecule has 0 aliphatic heterocycles. The summed E-state index contributed by atoms with van der Waals surface area (Å²) >= 11 is 0. The van der Waals surface area contributed by atoms with Crippen LogP contribution in [0.15, 0.2) is 81.6 Å². The van der Waals surface area contributed by atoms with Gasteiger partial charge in [-0.15, -0.1) is 0 Å². The molecule has 2 aromatic carbocycles. The Bertz CT molecular complexity index is 1080. The van der Waals surface area contributed by atoms with E-state index < -0.39 is 11.8 Å². The molecule has 0 bridgehead atoms. The third-order valence-corrected chi connectivity index (χ3v) is 3.95. The summed E-state index contributed by atoms with van der Waals surface area (Å²) in [6.07, 6.45) is 0. The summed E-state index contributed by atoms with van der Waals surface area (Å²) < 4.78 is 16.4. The van der Waals surface area contributed by atoms with Gasteiger partial charge in [0.1, 0.15) is 23.7 Å². The average Bonchev–Trinajstić information content (AvgIpc) is 3.38. The normalized spacial score (nSPS) is 10.6. The zero-order valence-corrected chi connectivity index (χ0v) is 14.7. The molecule has 4 rings (SSSR count). The first-order valence-electron chi connectivity index (χ1n) is 8.55. The lowest BCUT2D eigenvalue weighted by molar-refractivity contribution is 0.0816. The second kappa shape index (κ2) is 7.71. The number of rotatable bonds is 5. The lowest BCUT2D eigenvalue weighted by Gasteiger charge is -2.04. The van der Waals surface area contributed by atoms with Crippen molar-refractivity contribution >= 4 is 22.8 Å². The predicted octanol–water partition coefficient (Wildman–Crippen LogP) is 3.68. The van der Waals surface area contributed by atoms with E-state index in [2.05, 4.69) is 10.9 Å². The number of nitrogens with one attached hydrogen (secondary N) is 2. The summed E-state index contributed by atoms with van der Waals surface area (Å²) in [6.45, 7) is 0.183. The Morgan fingerprint density at radius 1 is 0.786 bits per heavy atom. The highest BCUT2D eigenvalue weighted by Crippen LogP contribution is 2.18. The molecule has 4 aromatic rings. The predicted molar refractivity (Wildman–Crippen MR) is 101 cm³/mol. The number of carbonyl (C=O) groups excluding carboxylic acids is 2. The Labute approximate surface area is 159 Å². The minimum atomic E-state index is -0.588. The largest absolute Gasteiger partial charge is 0.486 e. The number of furan rings is 2. The van der Waals surface area contributed by atoms with Crippen molar-refractivity contribution in [3.05, 3.63) is 90.1 Å². The van der Waals surface area contributed by atoms with Crippen molar-refractivity contribution in [1.82, 2.24) is 10.9 Å². The number of hydrogen-bond donors (Lipinski definition) is 2. The second-order valence-corrected chi connectivity index (χ2v) is 5.92. The van der Waals surface area contributed by atoms with E-state index in [9.17, 15) is 9.59 Å². The van der Waals surface area contributed by atoms with Crippen LogP contribution in [-0.2, 0) is 6.61 Å². The van der Waals surface area contributed by atoms with Gasteiger partial charge in [0, 0.05) is 5.39 Å². The van der Waals surface area contributed by atoms with Crippen molar-refractivity contribution in [1.29, 1.82) is 0 Å². The summed E-state index contributed by atoms with van der Waals surface area (Å²) in [6, 6.07) is 21.2. The summed E-state index contributed by atoms with van der Waals surface area (Å²) in [5.41, 5.74) is 5.19. The molecule has 28 heavy (non-hydrogen) atoms. The summed E-state index contributed by atoms with van der Waals surface area (Å²) in [7, 11) is 0. The molecule has 0 atom stereocenters. The highest BCUT2D eigenvalue weighted by Gasteiger charge is 2.15. The van der Waals surface area contributed by atoms with Crippen LogP contribution in [0.4, 0.5) is 0 Å². The Morgan fingerprint density at radius 2 is 1.50 bits per heavy atom. The van der Waals surface area contributed by atoms with Crippen molar-refractivity contribution < 1.29 is 23.2 Å². The van der Waals surface area contributed by atoms with Crippen LogP contribution < -0.4 is 15.6 Å². The quantitative estimate of drug-likeness (QED) is 0.518. The van der Waals surface area contributed by atoms with Crippen LogP contribution in [0.1, 0.15) is 26.9 Å². The van der Waals surface area contributed by atoms with Gasteiger partial charge < -0.3 is 13.6 Å². The molecular formula is C21H16N2O5. The van der Waals surface area contributed by atoms with Gasteiger partial charge in [-0.05, 0) is 36.4 Å². The second-order valence-electron chi connectivity index (χ2n) is 5.92. The van der Waals surface area contributed by atoms with Gasteiger partial charge in [-0.1, -0.05) is 36.4 Å². The number of ether oxygens (including phenoxy) is 1. The average molecular weight is 376 g/mol. The van der Waals surface area contributed by atoms with Crippen molar-refractivity contribution in [2.75, 3.05) is 0 Å². The van der Waals surface area contributed by atoms with Crippen LogP contribution in [-0.4, -0.2) is 11.8 Å². The van der Waals surface area contributed by atoms with Crippen LogP contribution in [0.3, 0.4) is 0 Å². The van der Waals surface area contributed by atoms with Crippen molar-refractivity contribution in [3.63, 3.8) is 0 Å². The van der Waals surface area contributed by atoms with E-state index in [0.717, 1.165) is 5.39 Å². The van der Waals surface area contributed by atoms with Crippen LogP contribution in [0, 0.1) is 0 Å². The molecule has 0 saturated heterocycles. The van der Waals surface area contributed by atoms with Crippen molar-refractivity contribution in [3.8, 4) is 5.75 Å². The SMILES string of the molecule is O=C(NNC(=O)c1cc2ccccc2o1)c1ccc(COc2ccccc2)o1. The molecule has 0 spiro atoms. The van der Waals surface area contributed by atoms with Gasteiger partial charge in [0.2, 0.25) is 0 Å². The first kappa shape index (κ1) is 17.4. The maximum Gasteiger partial charge on any atom is 0.305 e. The number of benzene rings is 2. The molecule has 2 heterocycles. The molecule has 2 amide bonds. The summed E-state index contributed by atoms with van der Waals surface area (Å²) in [5.74, 6) is 0.175. The fourth-order valence-electron chi connectivity index (χ4n) is 2.58. The van der Waals surface area contributed by atoms with E-state index in [1.165, 1.54) is 6.07 Å². The number of hydrazine groups is 1. The van der Waals surface area contributed by atoms with E-state index >= 15 is 0 Å². The van der Waals surface area contributed by atoms with Gasteiger partial charge in [-0.2, -0.15) is 0 Å². The Morgan fingerprint density at radius 3 is 2.29 bits per heavy atom. The van der Waals surface area contributed by atoms with Gasteiger partial charge in [0.05, 0.1) is 0 Å². The van der Waals surface area contributed by atoms with Gasteiger partial charge >= 0.3 is 11.8 Å². The minimum absolute atomic E-state index is 0.0524. The number of fused-ring (bicyclic) bond motifs is 1. The van der Waals surface area contributed by atoms with E-state index in [1.807, 2.05) is 48.5 Å². The monoisotopic (exact) mass is 376 g/mol. The van der Waals surface area contributed by atoms with E-state index in [0.29, 0.717) is 17.1 Å². The standard InChI is InChI=1S/C21H16N2O5/c24-20(18-11-10-16(27-18)13-26-15-7-2-1-3-8-15)22-23-21(25)19-12-14-6-4-5-9-17(14)28-19/h1-12H,13H2,(H,22,24)(H,23,25). The molecule has 0 aliphatic carbocycles. The molecule has 0 saturated carbocycles. The molecule has 0 unspecified atom stereocenters. The van der Waals surface area contributed by atoms with Crippen LogP contribution >= 0.6 is 0 Å². The zero-order valence-electron chi connectivity index (χ0n) is 14.7. The molecule has 140 valence electrons. The minimum Gasteiger partial charge on any atom is -0.486 e. The molecule has 0 aliphatic rings. The maximum atomic E-state index is 12.1. The van der Waals surface area contributed by atoms with E-state index in [-0.39, 0.29) is 18.1 Å². The van der Waals surface area contributed by atoms with E-state index in [1.54, 1.807) is 18.2 Å². The highest BCUT2D eigenvalue weighted by atomic mass is 16.5. The van der Waals surface area contributed by atoms with Crippen LogP contribution in [0.25, 0.3) is 11.0 Å². The number of amides is 2. The van der Waals surface area contributed by atoms with Crippen molar-refractivity contribution in [2.45, 2.75) is 6.61 Å². The molecular weight excluding hydrogens is 360 g/mol. The van der Waals surface area contributed by atoms with Gasteiger partial charge in [0.25, 0.3) is 0 Å². The summed E-state index contributed by atoms with van der Waals surface area (Å²) in [5, 5.41) is 0.799. The summed E-state index contributed by atoms with van der Waals surface area (Å²) in [4.78, 5) is 24.3. The Balaban J connectivity index is 1.32. The van der Waals surface area contributed by atoms with Gasteiger partial charge in [-0.25, -0.2) is 0 Å².